The normalized spacial score (nSPS) is 11.9. The SMILES string of the molecule is C=C[Si](C)(C)OCO[Si](C=C)(C=C)c1ccccc1. The monoisotopic (exact) mass is 290 g/mol. The highest BCUT2D eigenvalue weighted by Crippen LogP contribution is 2.12. The Bertz CT molecular complexity index is 433. The lowest BCUT2D eigenvalue weighted by molar-refractivity contribution is 0.113. The molecule has 0 aliphatic heterocycles. The Labute approximate surface area is 118 Å². The van der Waals surface area contributed by atoms with Crippen LogP contribution in [-0.4, -0.2) is 23.4 Å². The number of benzene rings is 1. The molecule has 1 rings (SSSR count). The van der Waals surface area contributed by atoms with Gasteiger partial charge < -0.3 is 8.85 Å². The summed E-state index contributed by atoms with van der Waals surface area (Å²) in [7, 11) is -4.15. The molecule has 0 saturated carbocycles. The van der Waals surface area contributed by atoms with Gasteiger partial charge in [-0.3, -0.25) is 0 Å². The zero-order chi connectivity index (χ0) is 14.4. The number of rotatable bonds is 8. The molecule has 0 amide bonds. The molecule has 0 unspecified atom stereocenters. The third-order valence-electron chi connectivity index (χ3n) is 3.05. The largest absolute Gasteiger partial charge is 0.392 e. The molecule has 2 nitrogen and oxygen atoms in total. The van der Waals surface area contributed by atoms with Crippen LogP contribution in [0.15, 0.2) is 67.2 Å². The summed E-state index contributed by atoms with van der Waals surface area (Å²) in [6, 6.07) is 10.1. The van der Waals surface area contributed by atoms with Crippen LogP contribution in [0.25, 0.3) is 0 Å². The van der Waals surface area contributed by atoms with Crippen molar-refractivity contribution in [1.29, 1.82) is 0 Å². The van der Waals surface area contributed by atoms with Gasteiger partial charge in [0.15, 0.2) is 0 Å². The smallest absolute Gasteiger partial charge is 0.275 e. The predicted octanol–water partition coefficient (Wildman–Crippen LogP) is 3.21. The molecule has 0 fully saturated rings. The Hall–Kier alpha value is -1.21. The molecule has 1 aromatic carbocycles. The summed E-state index contributed by atoms with van der Waals surface area (Å²) < 4.78 is 11.8. The maximum atomic E-state index is 6.02. The van der Waals surface area contributed by atoms with Crippen LogP contribution >= 0.6 is 0 Å². The first kappa shape index (κ1) is 15.8. The van der Waals surface area contributed by atoms with Crippen LogP contribution in [0, 0.1) is 0 Å². The fraction of sp³-hybridized carbons (Fsp3) is 0.200. The number of hydrogen-bond acceptors (Lipinski definition) is 2. The van der Waals surface area contributed by atoms with Crippen molar-refractivity contribution >= 4 is 21.8 Å². The second kappa shape index (κ2) is 6.81. The fourth-order valence-corrected chi connectivity index (χ4v) is 4.16. The van der Waals surface area contributed by atoms with E-state index in [0.29, 0.717) is 0 Å². The van der Waals surface area contributed by atoms with Gasteiger partial charge >= 0.3 is 0 Å². The van der Waals surface area contributed by atoms with Crippen LogP contribution in [0.3, 0.4) is 0 Å². The van der Waals surface area contributed by atoms with E-state index < -0.39 is 16.6 Å². The Morgan fingerprint density at radius 3 is 2.00 bits per heavy atom. The highest BCUT2D eigenvalue weighted by Gasteiger charge is 2.31. The zero-order valence-electron chi connectivity index (χ0n) is 11.8. The molecular formula is C15H22O2Si2. The average molecular weight is 291 g/mol. The molecule has 0 aromatic heterocycles. The lowest BCUT2D eigenvalue weighted by Gasteiger charge is -2.27. The van der Waals surface area contributed by atoms with Crippen molar-refractivity contribution in [1.82, 2.24) is 0 Å². The molecule has 0 aliphatic rings. The first-order valence-corrected chi connectivity index (χ1v) is 11.3. The lowest BCUT2D eigenvalue weighted by Crippen LogP contribution is -2.49. The summed E-state index contributed by atoms with van der Waals surface area (Å²) in [5.41, 5.74) is 5.65. The minimum Gasteiger partial charge on any atom is -0.392 e. The Kier molecular flexibility index (Phi) is 5.68. The van der Waals surface area contributed by atoms with Crippen molar-refractivity contribution in [2.75, 3.05) is 6.79 Å². The van der Waals surface area contributed by atoms with Gasteiger partial charge in [-0.2, -0.15) is 0 Å². The summed E-state index contributed by atoms with van der Waals surface area (Å²) in [5.74, 6) is 0. The molecule has 0 N–H and O–H groups in total. The third-order valence-corrected chi connectivity index (χ3v) is 7.94. The summed E-state index contributed by atoms with van der Waals surface area (Å²) in [6.07, 6.45) is 0. The molecule has 0 aliphatic carbocycles. The van der Waals surface area contributed by atoms with Crippen LogP contribution in [-0.2, 0) is 8.85 Å². The summed E-state index contributed by atoms with van der Waals surface area (Å²) in [5, 5.41) is 1.13. The van der Waals surface area contributed by atoms with Gasteiger partial charge in [0.25, 0.3) is 8.32 Å². The predicted molar refractivity (Wildman–Crippen MR) is 86.9 cm³/mol. The minimum absolute atomic E-state index is 0.254. The zero-order valence-corrected chi connectivity index (χ0v) is 13.8. The van der Waals surface area contributed by atoms with E-state index in [1.165, 1.54) is 0 Å². The van der Waals surface area contributed by atoms with Crippen LogP contribution in [0.1, 0.15) is 0 Å². The standard InChI is InChI=1S/C15H22O2Si2/c1-6-18(4,5)16-14-17-19(7-2,8-3)15-12-10-9-11-13-15/h6-13H,1-3,14H2,4-5H3. The van der Waals surface area contributed by atoms with Gasteiger partial charge in [0.05, 0.1) is 0 Å². The fourth-order valence-electron chi connectivity index (χ4n) is 1.56. The highest BCUT2D eigenvalue weighted by molar-refractivity contribution is 6.94. The summed E-state index contributed by atoms with van der Waals surface area (Å²) in [6.45, 7) is 16.0. The van der Waals surface area contributed by atoms with Crippen molar-refractivity contribution in [3.8, 4) is 0 Å². The van der Waals surface area contributed by atoms with Crippen LogP contribution in [0.2, 0.25) is 13.1 Å². The third kappa shape index (κ3) is 4.14. The van der Waals surface area contributed by atoms with E-state index in [4.69, 9.17) is 8.85 Å². The maximum absolute atomic E-state index is 6.02. The minimum atomic E-state index is -2.34. The van der Waals surface area contributed by atoms with Gasteiger partial charge in [-0.15, -0.1) is 19.7 Å². The topological polar surface area (TPSA) is 18.5 Å². The molecule has 0 bridgehead atoms. The van der Waals surface area contributed by atoms with Gasteiger partial charge in [0.1, 0.15) is 6.79 Å². The summed E-state index contributed by atoms with van der Waals surface area (Å²) >= 11 is 0. The highest BCUT2D eigenvalue weighted by atomic mass is 28.4. The van der Waals surface area contributed by atoms with Crippen molar-refractivity contribution in [2.45, 2.75) is 13.1 Å². The first-order valence-electron chi connectivity index (χ1n) is 6.24. The Morgan fingerprint density at radius 1 is 0.947 bits per heavy atom. The quantitative estimate of drug-likeness (QED) is 0.541. The van der Waals surface area contributed by atoms with Gasteiger partial charge in [0, 0.05) is 0 Å². The van der Waals surface area contributed by atoms with E-state index in [1.807, 2.05) is 47.4 Å². The Balaban J connectivity index is 2.82. The molecule has 0 spiro atoms. The average Bonchev–Trinajstić information content (AvgIpc) is 2.45. The van der Waals surface area contributed by atoms with Crippen molar-refractivity contribution in [2.24, 2.45) is 0 Å². The van der Waals surface area contributed by atoms with Crippen molar-refractivity contribution < 1.29 is 8.85 Å². The molecule has 0 radical (unpaired) electrons. The van der Waals surface area contributed by atoms with E-state index in [9.17, 15) is 0 Å². The Morgan fingerprint density at radius 2 is 1.53 bits per heavy atom. The van der Waals surface area contributed by atoms with E-state index in [2.05, 4.69) is 32.8 Å². The van der Waals surface area contributed by atoms with Gasteiger partial charge in [0.2, 0.25) is 8.32 Å². The molecular weight excluding hydrogens is 268 g/mol. The lowest BCUT2D eigenvalue weighted by atomic mass is 10.4. The van der Waals surface area contributed by atoms with E-state index in [0.717, 1.165) is 5.19 Å². The molecule has 4 heteroatoms. The van der Waals surface area contributed by atoms with Crippen molar-refractivity contribution in [3.63, 3.8) is 0 Å². The summed E-state index contributed by atoms with van der Waals surface area (Å²) in [4.78, 5) is 0. The molecule has 0 atom stereocenters. The van der Waals surface area contributed by atoms with E-state index in [1.54, 1.807) is 0 Å². The van der Waals surface area contributed by atoms with Crippen LogP contribution in [0.5, 0.6) is 0 Å². The van der Waals surface area contributed by atoms with E-state index >= 15 is 0 Å². The molecule has 0 saturated heterocycles. The van der Waals surface area contributed by atoms with Crippen LogP contribution < -0.4 is 5.19 Å². The van der Waals surface area contributed by atoms with Crippen LogP contribution in [0.4, 0.5) is 0 Å². The second-order valence-corrected chi connectivity index (χ2v) is 12.0. The first-order chi connectivity index (χ1) is 8.99. The number of hydrogen-bond donors (Lipinski definition) is 0. The van der Waals surface area contributed by atoms with Crippen molar-refractivity contribution in [3.05, 3.63) is 67.2 Å². The van der Waals surface area contributed by atoms with Gasteiger partial charge in [-0.1, -0.05) is 47.4 Å². The second-order valence-electron chi connectivity index (χ2n) is 4.78. The van der Waals surface area contributed by atoms with Gasteiger partial charge in [-0.25, -0.2) is 0 Å². The molecule has 1 aromatic rings. The van der Waals surface area contributed by atoms with Gasteiger partial charge in [-0.05, 0) is 18.3 Å². The molecule has 19 heavy (non-hydrogen) atoms. The molecule has 102 valence electrons. The maximum Gasteiger partial charge on any atom is 0.275 e. The van der Waals surface area contributed by atoms with E-state index in [-0.39, 0.29) is 6.79 Å². The molecule has 0 heterocycles.